The fourth-order valence-electron chi connectivity index (χ4n) is 4.75. The molecule has 0 heterocycles. The highest BCUT2D eigenvalue weighted by Gasteiger charge is 2.35. The van der Waals surface area contributed by atoms with Crippen molar-refractivity contribution in [1.29, 1.82) is 0 Å². The van der Waals surface area contributed by atoms with Gasteiger partial charge in [-0.2, -0.15) is 0 Å². The highest BCUT2D eigenvalue weighted by atomic mass is 32.2. The molecule has 7 nitrogen and oxygen atoms in total. The smallest absolute Gasteiger partial charge is 0.264 e. The fourth-order valence-corrected chi connectivity index (χ4v) is 6.16. The van der Waals surface area contributed by atoms with Crippen LogP contribution in [-0.2, 0) is 32.6 Å². The van der Waals surface area contributed by atoms with Gasteiger partial charge in [-0.25, -0.2) is 8.42 Å². The van der Waals surface area contributed by atoms with Crippen molar-refractivity contribution >= 4 is 27.5 Å². The summed E-state index contributed by atoms with van der Waals surface area (Å²) < 4.78 is 29.2. The van der Waals surface area contributed by atoms with Gasteiger partial charge >= 0.3 is 0 Å². The molecule has 0 aromatic heterocycles. The van der Waals surface area contributed by atoms with Gasteiger partial charge in [-0.05, 0) is 63.1 Å². The van der Waals surface area contributed by atoms with Gasteiger partial charge in [0, 0.05) is 18.5 Å². The molecule has 0 aliphatic heterocycles. The number of carbonyl (C=O) groups excluding carboxylic acids is 2. The lowest BCUT2D eigenvalue weighted by atomic mass is 10.0. The molecule has 0 saturated heterocycles. The topological polar surface area (TPSA) is 86.8 Å². The molecule has 1 N–H and O–H groups in total. The van der Waals surface area contributed by atoms with Crippen LogP contribution < -0.4 is 9.62 Å². The van der Waals surface area contributed by atoms with Crippen molar-refractivity contribution in [3.8, 4) is 0 Å². The Balaban J connectivity index is 1.78. The highest BCUT2D eigenvalue weighted by molar-refractivity contribution is 7.92. The van der Waals surface area contributed by atoms with E-state index in [0.29, 0.717) is 5.69 Å². The molecular formula is C35H39N3O4S. The van der Waals surface area contributed by atoms with E-state index in [1.807, 2.05) is 88.4 Å². The number of sulfonamides is 1. The zero-order chi connectivity index (χ0) is 31.0. The van der Waals surface area contributed by atoms with Gasteiger partial charge in [0.25, 0.3) is 10.0 Å². The summed E-state index contributed by atoms with van der Waals surface area (Å²) in [5, 5.41) is 3.04. The van der Waals surface area contributed by atoms with Crippen molar-refractivity contribution < 1.29 is 18.0 Å². The number of benzene rings is 4. The van der Waals surface area contributed by atoms with Crippen molar-refractivity contribution in [1.82, 2.24) is 10.2 Å². The van der Waals surface area contributed by atoms with Crippen LogP contribution in [0.5, 0.6) is 0 Å². The molecule has 1 atom stereocenters. The first-order chi connectivity index (χ1) is 20.4. The lowest BCUT2D eigenvalue weighted by molar-refractivity contribution is -0.140. The second-order valence-corrected chi connectivity index (χ2v) is 13.5. The average molecular weight is 598 g/mol. The maximum Gasteiger partial charge on any atom is 0.264 e. The molecule has 0 saturated carbocycles. The Hall–Kier alpha value is -4.43. The van der Waals surface area contributed by atoms with Crippen molar-refractivity contribution in [3.05, 3.63) is 132 Å². The Morgan fingerprint density at radius 1 is 0.744 bits per heavy atom. The summed E-state index contributed by atoms with van der Waals surface area (Å²) in [5.41, 5.74) is 2.44. The van der Waals surface area contributed by atoms with Crippen molar-refractivity contribution in [3.63, 3.8) is 0 Å². The minimum atomic E-state index is -4.12. The first kappa shape index (κ1) is 31.5. The molecule has 4 aromatic carbocycles. The highest BCUT2D eigenvalue weighted by Crippen LogP contribution is 2.25. The van der Waals surface area contributed by atoms with Gasteiger partial charge < -0.3 is 10.2 Å². The molecule has 224 valence electrons. The van der Waals surface area contributed by atoms with Gasteiger partial charge in [0.05, 0.1) is 10.6 Å². The Morgan fingerprint density at radius 2 is 1.26 bits per heavy atom. The minimum Gasteiger partial charge on any atom is -0.350 e. The molecule has 8 heteroatoms. The van der Waals surface area contributed by atoms with Crippen LogP contribution in [0.2, 0.25) is 0 Å². The number of aryl methyl sites for hydroxylation is 1. The van der Waals surface area contributed by atoms with E-state index in [-0.39, 0.29) is 23.8 Å². The van der Waals surface area contributed by atoms with Gasteiger partial charge in [0.1, 0.15) is 12.6 Å². The Morgan fingerprint density at radius 3 is 1.79 bits per heavy atom. The van der Waals surface area contributed by atoms with Crippen molar-refractivity contribution in [2.45, 2.75) is 57.1 Å². The lowest BCUT2D eigenvalue weighted by Gasteiger charge is -2.35. The summed E-state index contributed by atoms with van der Waals surface area (Å²) in [7, 11) is -4.12. The van der Waals surface area contributed by atoms with Gasteiger partial charge in [-0.3, -0.25) is 13.9 Å². The lowest BCUT2D eigenvalue weighted by Crippen LogP contribution is -2.56. The number of hydrogen-bond donors (Lipinski definition) is 1. The van der Waals surface area contributed by atoms with Crippen LogP contribution in [0.1, 0.15) is 37.5 Å². The number of carbonyl (C=O) groups is 2. The molecule has 0 fully saturated rings. The Bertz CT molecular complexity index is 1600. The molecule has 2 amide bonds. The van der Waals surface area contributed by atoms with Gasteiger partial charge in [-0.15, -0.1) is 0 Å². The number of hydrogen-bond acceptors (Lipinski definition) is 4. The maximum atomic E-state index is 14.4. The SMILES string of the molecule is Cc1ccc(S(=O)(=O)N(CC(=O)N(Cc2ccccc2)C(Cc2ccccc2)C(=O)NC(C)(C)C)c2ccccc2)cc1. The first-order valence-electron chi connectivity index (χ1n) is 14.3. The van der Waals surface area contributed by atoms with Crippen molar-refractivity contribution in [2.75, 3.05) is 10.8 Å². The van der Waals surface area contributed by atoms with Crippen LogP contribution in [0.25, 0.3) is 0 Å². The maximum absolute atomic E-state index is 14.4. The monoisotopic (exact) mass is 597 g/mol. The van der Waals surface area contributed by atoms with E-state index < -0.39 is 34.1 Å². The third kappa shape index (κ3) is 8.55. The minimum absolute atomic E-state index is 0.0793. The standard InChI is InChI=1S/C35H39N3O4S/c1-27-20-22-31(23-21-27)43(41,42)38(30-18-12-7-13-19-30)26-33(39)37(25-29-16-10-6-11-17-29)32(34(40)36-35(2,3)4)24-28-14-8-5-9-15-28/h5-23,32H,24-26H2,1-4H3,(H,36,40). The van der Waals surface area contributed by atoms with Crippen LogP contribution in [0, 0.1) is 6.92 Å². The van der Waals surface area contributed by atoms with E-state index in [0.717, 1.165) is 21.0 Å². The van der Waals surface area contributed by atoms with E-state index in [4.69, 9.17) is 0 Å². The molecule has 0 radical (unpaired) electrons. The Labute approximate surface area is 255 Å². The number of amides is 2. The number of para-hydroxylation sites is 1. The third-order valence-corrected chi connectivity index (χ3v) is 8.69. The van der Waals surface area contributed by atoms with Crippen LogP contribution in [0.15, 0.2) is 120 Å². The summed E-state index contributed by atoms with van der Waals surface area (Å²) >= 11 is 0. The van der Waals surface area contributed by atoms with Crippen LogP contribution in [0.4, 0.5) is 5.69 Å². The zero-order valence-corrected chi connectivity index (χ0v) is 25.9. The molecular weight excluding hydrogens is 558 g/mol. The molecule has 0 aliphatic rings. The normalized spacial score (nSPS) is 12.3. The predicted octanol–water partition coefficient (Wildman–Crippen LogP) is 5.75. The second kappa shape index (κ2) is 13.7. The average Bonchev–Trinajstić information content (AvgIpc) is 2.98. The van der Waals surface area contributed by atoms with Gasteiger partial charge in [-0.1, -0.05) is 96.6 Å². The molecule has 4 aromatic rings. The third-order valence-electron chi connectivity index (χ3n) is 6.90. The molecule has 43 heavy (non-hydrogen) atoms. The summed E-state index contributed by atoms with van der Waals surface area (Å²) in [5.74, 6) is -0.804. The Kier molecular flexibility index (Phi) is 10.0. The van der Waals surface area contributed by atoms with E-state index >= 15 is 0 Å². The van der Waals surface area contributed by atoms with Gasteiger partial charge in [0.2, 0.25) is 11.8 Å². The number of nitrogens with one attached hydrogen (secondary N) is 1. The van der Waals surface area contributed by atoms with E-state index in [1.165, 1.54) is 4.90 Å². The summed E-state index contributed by atoms with van der Waals surface area (Å²) in [6.45, 7) is 7.19. The van der Waals surface area contributed by atoms with Crippen molar-refractivity contribution in [2.24, 2.45) is 0 Å². The molecule has 4 rings (SSSR count). The number of rotatable bonds is 11. The van der Waals surface area contributed by atoms with Crippen LogP contribution in [-0.4, -0.2) is 43.3 Å². The van der Waals surface area contributed by atoms with Crippen LogP contribution >= 0.6 is 0 Å². The fraction of sp³-hybridized carbons (Fsp3) is 0.257. The molecule has 0 spiro atoms. The molecule has 1 unspecified atom stereocenters. The predicted molar refractivity (Wildman–Crippen MR) is 171 cm³/mol. The second-order valence-electron chi connectivity index (χ2n) is 11.6. The summed E-state index contributed by atoms with van der Waals surface area (Å²) in [6, 6.07) is 33.1. The zero-order valence-electron chi connectivity index (χ0n) is 25.1. The molecule has 0 aliphatic carbocycles. The van der Waals surface area contributed by atoms with E-state index in [1.54, 1.807) is 54.6 Å². The first-order valence-corrected chi connectivity index (χ1v) is 15.7. The van der Waals surface area contributed by atoms with Crippen LogP contribution in [0.3, 0.4) is 0 Å². The number of nitrogens with zero attached hydrogens (tertiary/aromatic N) is 2. The quantitative estimate of drug-likeness (QED) is 0.239. The molecule has 0 bridgehead atoms. The van der Waals surface area contributed by atoms with Gasteiger partial charge in [0.15, 0.2) is 0 Å². The number of anilines is 1. The van der Waals surface area contributed by atoms with E-state index in [9.17, 15) is 18.0 Å². The largest absolute Gasteiger partial charge is 0.350 e. The summed E-state index contributed by atoms with van der Waals surface area (Å²) in [6.07, 6.45) is 0.261. The summed E-state index contributed by atoms with van der Waals surface area (Å²) in [4.78, 5) is 29.9. The van der Waals surface area contributed by atoms with E-state index in [2.05, 4.69) is 5.32 Å².